The van der Waals surface area contributed by atoms with Gasteiger partial charge in [0.1, 0.15) is 6.04 Å². The van der Waals surface area contributed by atoms with Gasteiger partial charge in [-0.15, -0.1) is 0 Å². The van der Waals surface area contributed by atoms with Crippen LogP contribution in [0.2, 0.25) is 10.0 Å². The first kappa shape index (κ1) is 25.9. The average molecular weight is 545 g/mol. The minimum atomic E-state index is -0.993. The van der Waals surface area contributed by atoms with Crippen molar-refractivity contribution in [3.63, 3.8) is 0 Å². The summed E-state index contributed by atoms with van der Waals surface area (Å²) >= 11 is 12.9. The van der Waals surface area contributed by atoms with Crippen LogP contribution in [0.15, 0.2) is 73.3 Å². The van der Waals surface area contributed by atoms with E-state index in [2.05, 4.69) is 22.2 Å². The number of anilines is 2. The molecule has 2 atom stereocenters. The molecule has 2 aromatic carbocycles. The highest BCUT2D eigenvalue weighted by Crippen LogP contribution is 2.40. The first-order chi connectivity index (χ1) is 18.2. The number of fused-ring (bicyclic) bond motifs is 1. The largest absolute Gasteiger partial charge is 0.382 e. The minimum Gasteiger partial charge on any atom is -0.382 e. The van der Waals surface area contributed by atoms with Crippen molar-refractivity contribution in [2.75, 3.05) is 10.2 Å². The first-order valence-corrected chi connectivity index (χ1v) is 13.0. The van der Waals surface area contributed by atoms with Crippen LogP contribution in [0.4, 0.5) is 11.4 Å². The van der Waals surface area contributed by atoms with Gasteiger partial charge in [-0.05, 0) is 85.8 Å². The van der Waals surface area contributed by atoms with Gasteiger partial charge in [0.15, 0.2) is 5.78 Å². The number of halogens is 2. The third-order valence-corrected chi connectivity index (χ3v) is 7.24. The number of nitrogens with one attached hydrogen (secondary N) is 1. The van der Waals surface area contributed by atoms with E-state index in [0.717, 1.165) is 28.8 Å². The van der Waals surface area contributed by atoms with Crippen molar-refractivity contribution in [2.45, 2.75) is 39.3 Å². The van der Waals surface area contributed by atoms with Gasteiger partial charge in [0.2, 0.25) is 0 Å². The molecule has 0 spiro atoms. The zero-order chi connectivity index (χ0) is 27.0. The lowest BCUT2D eigenvalue weighted by atomic mass is 9.89. The van der Waals surface area contributed by atoms with E-state index in [1.807, 2.05) is 32.0 Å². The van der Waals surface area contributed by atoms with Crippen molar-refractivity contribution in [2.24, 2.45) is 0 Å². The van der Waals surface area contributed by atoms with Crippen LogP contribution in [0.3, 0.4) is 0 Å². The molecule has 1 aliphatic heterocycles. The lowest BCUT2D eigenvalue weighted by molar-refractivity contribution is 0.0895. The molecule has 192 valence electrons. The van der Waals surface area contributed by atoms with Gasteiger partial charge in [0.05, 0.1) is 0 Å². The molecule has 0 saturated carbocycles. The number of amides is 1. The molecule has 3 heterocycles. The Hall–Kier alpha value is -3.74. The SMILES string of the molecule is Cc1cnccc1C(=O)C(c1cccc2c1CC(C)N2)N(C(=O)c1ccncc1C)c1cc(Cl)cc(Cl)c1. The molecule has 8 heteroatoms. The number of carbonyl (C=O) groups is 2. The molecule has 6 nitrogen and oxygen atoms in total. The number of aromatic nitrogens is 2. The number of hydrogen-bond acceptors (Lipinski definition) is 5. The highest BCUT2D eigenvalue weighted by atomic mass is 35.5. The topological polar surface area (TPSA) is 75.2 Å². The number of rotatable bonds is 6. The fraction of sp³-hybridized carbons (Fsp3) is 0.200. The Morgan fingerprint density at radius 1 is 0.947 bits per heavy atom. The number of Topliss-reactive ketones (excluding diaryl/α,β-unsaturated/α-hetero) is 1. The number of hydrogen-bond donors (Lipinski definition) is 1. The summed E-state index contributed by atoms with van der Waals surface area (Å²) in [6, 6.07) is 13.3. The number of aryl methyl sites for hydroxylation is 2. The van der Waals surface area contributed by atoms with E-state index >= 15 is 0 Å². The molecule has 5 rings (SSSR count). The smallest absolute Gasteiger partial charge is 0.259 e. The lowest BCUT2D eigenvalue weighted by Crippen LogP contribution is -2.40. The van der Waals surface area contributed by atoms with Crippen molar-refractivity contribution < 1.29 is 9.59 Å². The summed E-state index contributed by atoms with van der Waals surface area (Å²) < 4.78 is 0. The van der Waals surface area contributed by atoms with E-state index in [0.29, 0.717) is 32.4 Å². The molecule has 1 N–H and O–H groups in total. The number of carbonyl (C=O) groups excluding carboxylic acids is 2. The van der Waals surface area contributed by atoms with Crippen LogP contribution >= 0.6 is 23.2 Å². The number of benzene rings is 2. The van der Waals surface area contributed by atoms with Crippen LogP contribution in [0, 0.1) is 13.8 Å². The Labute approximate surface area is 231 Å². The molecule has 0 fully saturated rings. The molecule has 1 aliphatic rings. The number of pyridine rings is 2. The second kappa shape index (κ2) is 10.6. The molecule has 1 amide bonds. The Morgan fingerprint density at radius 2 is 1.58 bits per heavy atom. The zero-order valence-corrected chi connectivity index (χ0v) is 22.7. The summed E-state index contributed by atoms with van der Waals surface area (Å²) in [4.78, 5) is 38.8. The van der Waals surface area contributed by atoms with Crippen molar-refractivity contribution in [3.8, 4) is 0 Å². The van der Waals surface area contributed by atoms with Crippen molar-refractivity contribution >= 4 is 46.3 Å². The predicted molar refractivity (Wildman–Crippen MR) is 152 cm³/mol. The van der Waals surface area contributed by atoms with Crippen molar-refractivity contribution in [1.82, 2.24) is 9.97 Å². The predicted octanol–water partition coefficient (Wildman–Crippen LogP) is 7.03. The summed E-state index contributed by atoms with van der Waals surface area (Å²) in [6.45, 7) is 5.75. The van der Waals surface area contributed by atoms with Gasteiger partial charge in [0, 0.05) is 63.4 Å². The maximum atomic E-state index is 14.5. The lowest BCUT2D eigenvalue weighted by Gasteiger charge is -2.33. The van der Waals surface area contributed by atoms with Gasteiger partial charge >= 0.3 is 0 Å². The number of nitrogens with zero attached hydrogens (tertiary/aromatic N) is 3. The van der Waals surface area contributed by atoms with E-state index in [1.165, 1.54) is 4.90 Å². The first-order valence-electron chi connectivity index (χ1n) is 12.3. The van der Waals surface area contributed by atoms with Crippen molar-refractivity contribution in [3.05, 3.63) is 117 Å². The minimum absolute atomic E-state index is 0.191. The molecule has 0 radical (unpaired) electrons. The Kier molecular flexibility index (Phi) is 7.19. The molecule has 2 unspecified atom stereocenters. The molecule has 0 bridgehead atoms. The summed E-state index contributed by atoms with van der Waals surface area (Å²) in [7, 11) is 0. The maximum absolute atomic E-state index is 14.5. The molecule has 38 heavy (non-hydrogen) atoms. The normalized spacial score (nSPS) is 14.9. The third-order valence-electron chi connectivity index (χ3n) is 6.81. The van der Waals surface area contributed by atoms with Gasteiger partial charge < -0.3 is 5.32 Å². The van der Waals surface area contributed by atoms with E-state index in [-0.39, 0.29) is 17.7 Å². The van der Waals surface area contributed by atoms with Gasteiger partial charge in [-0.3, -0.25) is 24.5 Å². The highest BCUT2D eigenvalue weighted by molar-refractivity contribution is 6.35. The monoisotopic (exact) mass is 544 g/mol. The summed E-state index contributed by atoms with van der Waals surface area (Å²) in [5.41, 5.74) is 5.45. The van der Waals surface area contributed by atoms with E-state index < -0.39 is 6.04 Å². The Morgan fingerprint density at radius 3 is 2.21 bits per heavy atom. The molecule has 0 saturated heterocycles. The van der Waals surface area contributed by atoms with Crippen LogP contribution < -0.4 is 10.2 Å². The Balaban J connectivity index is 1.80. The molecule has 2 aromatic heterocycles. The van der Waals surface area contributed by atoms with Crippen LogP contribution in [0.1, 0.15) is 55.9 Å². The van der Waals surface area contributed by atoms with Crippen LogP contribution in [0.25, 0.3) is 0 Å². The third kappa shape index (κ3) is 4.89. The standard InChI is InChI=1S/C30H26Cl2N4O2/c1-17-15-33-9-7-23(17)29(37)28(25-5-4-6-27-26(25)11-19(3)35-27)36(22-13-20(31)12-21(32)14-22)30(38)24-8-10-34-16-18(24)2/h4-10,12-16,19,28,35H,11H2,1-3H3. The average Bonchev–Trinajstić information content (AvgIpc) is 3.27. The quantitative estimate of drug-likeness (QED) is 0.264. The fourth-order valence-corrected chi connectivity index (χ4v) is 5.56. The zero-order valence-electron chi connectivity index (χ0n) is 21.2. The van der Waals surface area contributed by atoms with Crippen molar-refractivity contribution in [1.29, 1.82) is 0 Å². The second-order valence-corrected chi connectivity index (χ2v) is 10.4. The molecule has 0 aliphatic carbocycles. The van der Waals surface area contributed by atoms with Crippen LogP contribution in [-0.4, -0.2) is 27.7 Å². The van der Waals surface area contributed by atoms with E-state index in [1.54, 1.807) is 55.1 Å². The van der Waals surface area contributed by atoms with Crippen LogP contribution in [0.5, 0.6) is 0 Å². The summed E-state index contributed by atoms with van der Waals surface area (Å²) in [6.07, 6.45) is 7.16. The van der Waals surface area contributed by atoms with E-state index in [9.17, 15) is 9.59 Å². The summed E-state index contributed by atoms with van der Waals surface area (Å²) in [5, 5.41) is 4.19. The van der Waals surface area contributed by atoms with Gasteiger partial charge in [0.25, 0.3) is 5.91 Å². The maximum Gasteiger partial charge on any atom is 0.259 e. The van der Waals surface area contributed by atoms with Gasteiger partial charge in [-0.25, -0.2) is 0 Å². The Bertz CT molecular complexity index is 1540. The highest BCUT2D eigenvalue weighted by Gasteiger charge is 2.38. The molecule has 4 aromatic rings. The van der Waals surface area contributed by atoms with Gasteiger partial charge in [-0.1, -0.05) is 35.3 Å². The molecular formula is C30H26Cl2N4O2. The summed E-state index contributed by atoms with van der Waals surface area (Å²) in [5.74, 6) is -0.584. The van der Waals surface area contributed by atoms with E-state index in [4.69, 9.17) is 23.2 Å². The fourth-order valence-electron chi connectivity index (χ4n) is 5.05. The molecular weight excluding hydrogens is 519 g/mol. The van der Waals surface area contributed by atoms with Crippen LogP contribution in [-0.2, 0) is 6.42 Å². The number of ketones is 1. The second-order valence-electron chi connectivity index (χ2n) is 9.57. The van der Waals surface area contributed by atoms with Gasteiger partial charge in [-0.2, -0.15) is 0 Å².